The predicted molar refractivity (Wildman–Crippen MR) is 68.5 cm³/mol. The summed E-state index contributed by atoms with van der Waals surface area (Å²) < 4.78 is 31.6. The number of hydrazine groups is 1. The van der Waals surface area contributed by atoms with Gasteiger partial charge in [0.05, 0.1) is 5.02 Å². The van der Waals surface area contributed by atoms with Crippen molar-refractivity contribution in [3.8, 4) is 11.6 Å². The molecule has 3 N–H and O–H groups in total. The Morgan fingerprint density at radius 1 is 1.21 bits per heavy atom. The van der Waals surface area contributed by atoms with Crippen molar-refractivity contribution in [2.75, 3.05) is 5.43 Å². The lowest BCUT2D eigenvalue weighted by Gasteiger charge is -2.10. The molecule has 4 nitrogen and oxygen atoms in total. The van der Waals surface area contributed by atoms with E-state index in [0.717, 1.165) is 6.07 Å². The maximum Gasteiger partial charge on any atom is 0.240 e. The molecule has 1 heterocycles. The van der Waals surface area contributed by atoms with Crippen LogP contribution in [0.5, 0.6) is 11.6 Å². The highest BCUT2D eigenvalue weighted by Crippen LogP contribution is 2.34. The van der Waals surface area contributed by atoms with E-state index in [1.807, 2.05) is 0 Å². The van der Waals surface area contributed by atoms with Crippen LogP contribution < -0.4 is 16.0 Å². The number of benzene rings is 1. The van der Waals surface area contributed by atoms with E-state index in [9.17, 15) is 8.78 Å². The lowest BCUT2D eigenvalue weighted by atomic mass is 10.3. The monoisotopic (exact) mass is 305 g/mol. The van der Waals surface area contributed by atoms with E-state index in [1.165, 1.54) is 18.2 Å². The molecule has 0 aliphatic heterocycles. The first kappa shape index (κ1) is 13.8. The van der Waals surface area contributed by atoms with Gasteiger partial charge in [0.15, 0.2) is 17.4 Å². The molecule has 0 fully saturated rings. The van der Waals surface area contributed by atoms with Crippen LogP contribution in [0.25, 0.3) is 0 Å². The van der Waals surface area contributed by atoms with Gasteiger partial charge in [-0.15, -0.1) is 0 Å². The summed E-state index contributed by atoms with van der Waals surface area (Å²) >= 11 is 11.6. The van der Waals surface area contributed by atoms with Crippen molar-refractivity contribution in [1.29, 1.82) is 0 Å². The SMILES string of the molecule is NNc1nc(Oc2cccc(F)c2F)c(Cl)cc1Cl. The lowest BCUT2D eigenvalue weighted by molar-refractivity contribution is 0.406. The Morgan fingerprint density at radius 2 is 1.95 bits per heavy atom. The average Bonchev–Trinajstić information content (AvgIpc) is 2.38. The molecule has 0 radical (unpaired) electrons. The first-order chi connectivity index (χ1) is 9.02. The fourth-order valence-electron chi connectivity index (χ4n) is 1.29. The van der Waals surface area contributed by atoms with E-state index in [2.05, 4.69) is 10.4 Å². The Labute approximate surface area is 117 Å². The van der Waals surface area contributed by atoms with Gasteiger partial charge < -0.3 is 10.2 Å². The third kappa shape index (κ3) is 2.86. The van der Waals surface area contributed by atoms with Crippen LogP contribution in [0.3, 0.4) is 0 Å². The number of aromatic nitrogens is 1. The maximum atomic E-state index is 13.4. The number of hydrogen-bond donors (Lipinski definition) is 2. The molecule has 0 aliphatic carbocycles. The molecule has 1 aromatic carbocycles. The molecular weight excluding hydrogens is 299 g/mol. The number of nitrogens with zero attached hydrogens (tertiary/aromatic N) is 1. The number of rotatable bonds is 3. The van der Waals surface area contributed by atoms with E-state index < -0.39 is 11.6 Å². The number of pyridine rings is 1. The van der Waals surface area contributed by atoms with Crippen molar-refractivity contribution in [1.82, 2.24) is 4.98 Å². The number of nitrogen functional groups attached to an aromatic ring is 1. The van der Waals surface area contributed by atoms with Crippen LogP contribution in [0, 0.1) is 11.6 Å². The summed E-state index contributed by atoms with van der Waals surface area (Å²) in [4.78, 5) is 3.85. The Kier molecular flexibility index (Phi) is 4.04. The van der Waals surface area contributed by atoms with Gasteiger partial charge in [-0.1, -0.05) is 29.3 Å². The van der Waals surface area contributed by atoms with Crippen molar-refractivity contribution in [3.63, 3.8) is 0 Å². The van der Waals surface area contributed by atoms with Crippen LogP contribution in [0.4, 0.5) is 14.6 Å². The summed E-state index contributed by atoms with van der Waals surface area (Å²) in [6.45, 7) is 0. The van der Waals surface area contributed by atoms with Gasteiger partial charge in [0.2, 0.25) is 11.7 Å². The highest BCUT2D eigenvalue weighted by atomic mass is 35.5. The fourth-order valence-corrected chi connectivity index (χ4v) is 1.74. The zero-order valence-electron chi connectivity index (χ0n) is 9.25. The maximum absolute atomic E-state index is 13.4. The summed E-state index contributed by atoms with van der Waals surface area (Å²) in [5.41, 5.74) is 2.23. The first-order valence-corrected chi connectivity index (χ1v) is 5.73. The fraction of sp³-hybridized carbons (Fsp3) is 0. The molecule has 19 heavy (non-hydrogen) atoms. The molecule has 2 rings (SSSR count). The average molecular weight is 306 g/mol. The highest BCUT2D eigenvalue weighted by molar-refractivity contribution is 6.36. The molecule has 2 aromatic rings. The Morgan fingerprint density at radius 3 is 2.63 bits per heavy atom. The van der Waals surface area contributed by atoms with Crippen molar-refractivity contribution < 1.29 is 13.5 Å². The zero-order valence-corrected chi connectivity index (χ0v) is 10.8. The van der Waals surface area contributed by atoms with Crippen LogP contribution in [0.1, 0.15) is 0 Å². The number of halogens is 4. The van der Waals surface area contributed by atoms with E-state index in [0.29, 0.717) is 0 Å². The summed E-state index contributed by atoms with van der Waals surface area (Å²) in [6, 6.07) is 4.81. The Hall–Kier alpha value is -1.63. The molecular formula is C11H7Cl2F2N3O. The number of nitrogens with one attached hydrogen (secondary N) is 1. The van der Waals surface area contributed by atoms with Crippen molar-refractivity contribution in [2.45, 2.75) is 0 Å². The van der Waals surface area contributed by atoms with Gasteiger partial charge in [-0.05, 0) is 18.2 Å². The molecule has 1 aromatic heterocycles. The minimum absolute atomic E-state index is 0.0349. The first-order valence-electron chi connectivity index (χ1n) is 4.97. The summed E-state index contributed by atoms with van der Waals surface area (Å²) in [5.74, 6) is 2.60. The van der Waals surface area contributed by atoms with Crippen molar-refractivity contribution in [3.05, 3.63) is 45.9 Å². The smallest absolute Gasteiger partial charge is 0.240 e. The summed E-state index contributed by atoms with van der Waals surface area (Å²) in [6.07, 6.45) is 0. The molecule has 0 saturated heterocycles. The minimum Gasteiger partial charge on any atom is -0.434 e. The van der Waals surface area contributed by atoms with E-state index in [-0.39, 0.29) is 27.5 Å². The molecule has 0 amide bonds. The third-order valence-electron chi connectivity index (χ3n) is 2.16. The topological polar surface area (TPSA) is 60.2 Å². The molecule has 0 saturated carbocycles. The van der Waals surface area contributed by atoms with E-state index in [1.54, 1.807) is 0 Å². The van der Waals surface area contributed by atoms with Gasteiger partial charge in [-0.2, -0.15) is 9.37 Å². The second kappa shape index (κ2) is 5.56. The summed E-state index contributed by atoms with van der Waals surface area (Å²) in [7, 11) is 0. The molecule has 0 bridgehead atoms. The molecule has 8 heteroatoms. The van der Waals surface area contributed by atoms with Crippen molar-refractivity contribution >= 4 is 29.0 Å². The van der Waals surface area contributed by atoms with Crippen LogP contribution in [-0.2, 0) is 0 Å². The van der Waals surface area contributed by atoms with Gasteiger partial charge >= 0.3 is 0 Å². The van der Waals surface area contributed by atoms with Gasteiger partial charge in [0.1, 0.15) is 5.02 Å². The zero-order chi connectivity index (χ0) is 14.0. The van der Waals surface area contributed by atoms with Gasteiger partial charge in [-0.3, -0.25) is 0 Å². The predicted octanol–water partition coefficient (Wildman–Crippen LogP) is 3.74. The van der Waals surface area contributed by atoms with Crippen LogP contribution in [-0.4, -0.2) is 4.98 Å². The molecule has 0 aliphatic rings. The molecule has 0 spiro atoms. The normalized spacial score (nSPS) is 10.4. The second-order valence-electron chi connectivity index (χ2n) is 3.40. The van der Waals surface area contributed by atoms with Crippen LogP contribution in [0.2, 0.25) is 10.0 Å². The lowest BCUT2D eigenvalue weighted by Crippen LogP contribution is -2.09. The number of ether oxygens (including phenoxy) is 1. The second-order valence-corrected chi connectivity index (χ2v) is 4.22. The Balaban J connectivity index is 2.41. The molecule has 100 valence electrons. The Bertz CT molecular complexity index is 625. The highest BCUT2D eigenvalue weighted by Gasteiger charge is 2.14. The third-order valence-corrected chi connectivity index (χ3v) is 2.72. The standard InChI is InChI=1S/C11H7Cl2F2N3O/c12-5-4-6(13)11(17-10(5)18-16)19-8-3-1-2-7(14)9(8)15/h1-4H,16H2,(H,17,18). The van der Waals surface area contributed by atoms with Gasteiger partial charge in [0, 0.05) is 0 Å². The largest absolute Gasteiger partial charge is 0.434 e. The minimum atomic E-state index is -1.14. The van der Waals surface area contributed by atoms with E-state index >= 15 is 0 Å². The number of hydrogen-bond acceptors (Lipinski definition) is 4. The van der Waals surface area contributed by atoms with Crippen LogP contribution >= 0.6 is 23.2 Å². The van der Waals surface area contributed by atoms with Crippen LogP contribution in [0.15, 0.2) is 24.3 Å². The molecule has 0 unspecified atom stereocenters. The van der Waals surface area contributed by atoms with Crippen molar-refractivity contribution in [2.24, 2.45) is 5.84 Å². The molecule has 0 atom stereocenters. The quantitative estimate of drug-likeness (QED) is 0.670. The van der Waals surface area contributed by atoms with E-state index in [4.69, 9.17) is 33.8 Å². The number of anilines is 1. The van der Waals surface area contributed by atoms with Gasteiger partial charge in [0.25, 0.3) is 0 Å². The summed E-state index contributed by atoms with van der Waals surface area (Å²) in [5, 5.41) is 0.201. The number of nitrogens with two attached hydrogens (primary N) is 1. The van der Waals surface area contributed by atoms with Gasteiger partial charge in [-0.25, -0.2) is 10.2 Å².